The fourth-order valence-corrected chi connectivity index (χ4v) is 4.23. The minimum absolute atomic E-state index is 0.698. The molecule has 2 aliphatic heterocycles. The van der Waals surface area contributed by atoms with Gasteiger partial charge in [-0.2, -0.15) is 0 Å². The molecule has 0 bridgehead atoms. The van der Waals surface area contributed by atoms with Gasteiger partial charge in [-0.05, 0) is 43.0 Å². The first-order valence-electron chi connectivity index (χ1n) is 7.86. The van der Waals surface area contributed by atoms with Crippen LogP contribution in [0, 0.1) is 5.92 Å². The highest BCUT2D eigenvalue weighted by Crippen LogP contribution is 2.29. The van der Waals surface area contributed by atoms with Crippen molar-refractivity contribution in [2.24, 2.45) is 5.92 Å². The molecule has 3 heteroatoms. The van der Waals surface area contributed by atoms with Crippen LogP contribution in [-0.4, -0.2) is 41.5 Å². The van der Waals surface area contributed by atoms with Crippen molar-refractivity contribution >= 4 is 15.9 Å². The fourth-order valence-electron chi connectivity index (χ4n) is 3.79. The number of fused-ring (bicyclic) bond motifs is 1. The summed E-state index contributed by atoms with van der Waals surface area (Å²) in [4.78, 5) is 5.45. The minimum Gasteiger partial charge on any atom is -0.298 e. The summed E-state index contributed by atoms with van der Waals surface area (Å²) in [5.74, 6) is 0.726. The summed E-state index contributed by atoms with van der Waals surface area (Å²) in [5.41, 5.74) is 1.43. The third-order valence-corrected chi connectivity index (χ3v) is 5.37. The van der Waals surface area contributed by atoms with Gasteiger partial charge in [-0.1, -0.05) is 41.9 Å². The van der Waals surface area contributed by atoms with E-state index in [0.29, 0.717) is 6.04 Å². The third-order valence-electron chi connectivity index (χ3n) is 4.88. The van der Waals surface area contributed by atoms with Crippen molar-refractivity contribution in [3.05, 3.63) is 34.3 Å². The molecule has 0 N–H and O–H groups in total. The molecule has 3 rings (SSSR count). The van der Waals surface area contributed by atoms with Gasteiger partial charge in [-0.25, -0.2) is 0 Å². The SMILES string of the molecule is CC(C)C1CN2CCCC2CN1Cc1cccc(Br)c1. The van der Waals surface area contributed by atoms with Crippen molar-refractivity contribution in [1.29, 1.82) is 0 Å². The maximum absolute atomic E-state index is 3.59. The molecule has 0 amide bonds. The zero-order chi connectivity index (χ0) is 14.1. The molecule has 0 aromatic heterocycles. The molecule has 20 heavy (non-hydrogen) atoms. The standard InChI is InChI=1S/C17H25BrN2/c1-13(2)17-12-19-8-4-7-16(19)11-20(17)10-14-5-3-6-15(18)9-14/h3,5-6,9,13,16-17H,4,7-8,10-12H2,1-2H3. The fraction of sp³-hybridized carbons (Fsp3) is 0.647. The van der Waals surface area contributed by atoms with Gasteiger partial charge in [-0.3, -0.25) is 9.80 Å². The van der Waals surface area contributed by atoms with Crippen LogP contribution in [0.5, 0.6) is 0 Å². The predicted octanol–water partition coefficient (Wildman–Crippen LogP) is 3.75. The van der Waals surface area contributed by atoms with Crippen LogP contribution in [0.15, 0.2) is 28.7 Å². The van der Waals surface area contributed by atoms with Crippen LogP contribution in [0.2, 0.25) is 0 Å². The number of rotatable bonds is 3. The van der Waals surface area contributed by atoms with E-state index in [1.54, 1.807) is 0 Å². The maximum atomic E-state index is 3.59. The van der Waals surface area contributed by atoms with Crippen LogP contribution >= 0.6 is 15.9 Å². The topological polar surface area (TPSA) is 6.48 Å². The zero-order valence-electron chi connectivity index (χ0n) is 12.6. The van der Waals surface area contributed by atoms with Crippen molar-refractivity contribution in [3.8, 4) is 0 Å². The largest absolute Gasteiger partial charge is 0.298 e. The molecule has 0 radical (unpaired) electrons. The first-order chi connectivity index (χ1) is 9.63. The number of nitrogens with zero attached hydrogens (tertiary/aromatic N) is 2. The molecular weight excluding hydrogens is 312 g/mol. The lowest BCUT2D eigenvalue weighted by Crippen LogP contribution is -2.57. The number of hydrogen-bond acceptors (Lipinski definition) is 2. The highest BCUT2D eigenvalue weighted by atomic mass is 79.9. The lowest BCUT2D eigenvalue weighted by atomic mass is 9.96. The Morgan fingerprint density at radius 1 is 1.30 bits per heavy atom. The molecule has 110 valence electrons. The summed E-state index contributed by atoms with van der Waals surface area (Å²) in [6, 6.07) is 10.3. The minimum atomic E-state index is 0.698. The van der Waals surface area contributed by atoms with E-state index in [2.05, 4.69) is 63.8 Å². The van der Waals surface area contributed by atoms with Crippen molar-refractivity contribution in [1.82, 2.24) is 9.80 Å². The highest BCUT2D eigenvalue weighted by molar-refractivity contribution is 9.10. The number of benzene rings is 1. The molecule has 2 nitrogen and oxygen atoms in total. The van der Waals surface area contributed by atoms with E-state index >= 15 is 0 Å². The summed E-state index contributed by atoms with van der Waals surface area (Å²) in [7, 11) is 0. The van der Waals surface area contributed by atoms with Gasteiger partial charge in [0.15, 0.2) is 0 Å². The van der Waals surface area contributed by atoms with Crippen molar-refractivity contribution in [2.75, 3.05) is 19.6 Å². The Morgan fingerprint density at radius 3 is 2.90 bits per heavy atom. The van der Waals surface area contributed by atoms with E-state index in [4.69, 9.17) is 0 Å². The highest BCUT2D eigenvalue weighted by Gasteiger charge is 2.37. The molecular formula is C17H25BrN2. The van der Waals surface area contributed by atoms with Crippen LogP contribution in [-0.2, 0) is 6.54 Å². The Hall–Kier alpha value is -0.380. The van der Waals surface area contributed by atoms with Gasteiger partial charge in [0.25, 0.3) is 0 Å². The summed E-state index contributed by atoms with van der Waals surface area (Å²) in [6.07, 6.45) is 2.78. The predicted molar refractivity (Wildman–Crippen MR) is 87.8 cm³/mol. The molecule has 2 saturated heterocycles. The Balaban J connectivity index is 1.75. The third kappa shape index (κ3) is 3.10. The summed E-state index contributed by atoms with van der Waals surface area (Å²) < 4.78 is 1.19. The Morgan fingerprint density at radius 2 is 2.15 bits per heavy atom. The van der Waals surface area contributed by atoms with Crippen molar-refractivity contribution < 1.29 is 0 Å². The van der Waals surface area contributed by atoms with E-state index in [-0.39, 0.29) is 0 Å². The van der Waals surface area contributed by atoms with Crippen LogP contribution in [0.3, 0.4) is 0 Å². The van der Waals surface area contributed by atoms with Crippen LogP contribution in [0.25, 0.3) is 0 Å². The first kappa shape index (κ1) is 14.6. The van der Waals surface area contributed by atoms with E-state index < -0.39 is 0 Å². The van der Waals surface area contributed by atoms with Crippen molar-refractivity contribution in [2.45, 2.75) is 45.3 Å². The lowest BCUT2D eigenvalue weighted by molar-refractivity contribution is 0.0239. The van der Waals surface area contributed by atoms with Gasteiger partial charge in [0.1, 0.15) is 0 Å². The Bertz CT molecular complexity index is 460. The Kier molecular flexibility index (Phi) is 4.49. The second-order valence-electron chi connectivity index (χ2n) is 6.66. The molecule has 2 unspecified atom stereocenters. The van der Waals surface area contributed by atoms with E-state index in [9.17, 15) is 0 Å². The quantitative estimate of drug-likeness (QED) is 0.829. The van der Waals surface area contributed by atoms with Gasteiger partial charge in [0, 0.05) is 36.2 Å². The smallest absolute Gasteiger partial charge is 0.0250 e. The second kappa shape index (κ2) is 6.17. The zero-order valence-corrected chi connectivity index (χ0v) is 14.1. The van der Waals surface area contributed by atoms with Crippen molar-refractivity contribution in [3.63, 3.8) is 0 Å². The second-order valence-corrected chi connectivity index (χ2v) is 7.58. The summed E-state index contributed by atoms with van der Waals surface area (Å²) >= 11 is 3.59. The molecule has 2 fully saturated rings. The van der Waals surface area contributed by atoms with Crippen LogP contribution in [0.1, 0.15) is 32.3 Å². The van der Waals surface area contributed by atoms with Gasteiger partial charge in [0.05, 0.1) is 0 Å². The molecule has 2 heterocycles. The Labute approximate surface area is 131 Å². The van der Waals surface area contributed by atoms with E-state index in [1.165, 1.54) is 42.5 Å². The monoisotopic (exact) mass is 336 g/mol. The van der Waals surface area contributed by atoms with Gasteiger partial charge in [-0.15, -0.1) is 0 Å². The van der Waals surface area contributed by atoms with E-state index in [1.807, 2.05) is 0 Å². The van der Waals surface area contributed by atoms with E-state index in [0.717, 1.165) is 18.5 Å². The summed E-state index contributed by atoms with van der Waals surface area (Å²) in [5, 5.41) is 0. The molecule has 2 atom stereocenters. The molecule has 0 spiro atoms. The average molecular weight is 337 g/mol. The summed E-state index contributed by atoms with van der Waals surface area (Å²) in [6.45, 7) is 9.65. The molecule has 1 aromatic rings. The van der Waals surface area contributed by atoms with Crippen LogP contribution in [0.4, 0.5) is 0 Å². The first-order valence-corrected chi connectivity index (χ1v) is 8.65. The molecule has 0 saturated carbocycles. The van der Waals surface area contributed by atoms with Gasteiger partial charge in [0.2, 0.25) is 0 Å². The maximum Gasteiger partial charge on any atom is 0.0250 e. The van der Waals surface area contributed by atoms with Crippen LogP contribution < -0.4 is 0 Å². The van der Waals surface area contributed by atoms with Gasteiger partial charge >= 0.3 is 0 Å². The molecule has 2 aliphatic rings. The molecule has 0 aliphatic carbocycles. The lowest BCUT2D eigenvalue weighted by Gasteiger charge is -2.45. The molecule has 1 aromatic carbocycles. The number of halogens is 1. The van der Waals surface area contributed by atoms with Gasteiger partial charge < -0.3 is 0 Å². The average Bonchev–Trinajstić information content (AvgIpc) is 2.84. The number of hydrogen-bond donors (Lipinski definition) is 0. The normalized spacial score (nSPS) is 28.0. The number of piperazine rings is 1.